The highest BCUT2D eigenvalue weighted by atomic mass is 35.5. The average molecular weight is 306 g/mol. The lowest BCUT2D eigenvalue weighted by Gasteiger charge is -2.09. The van der Waals surface area contributed by atoms with Crippen molar-refractivity contribution in [1.82, 2.24) is 0 Å². The van der Waals surface area contributed by atoms with Crippen molar-refractivity contribution in [1.29, 1.82) is 0 Å². The first kappa shape index (κ1) is 13.5. The van der Waals surface area contributed by atoms with Crippen LogP contribution in [-0.4, -0.2) is 7.11 Å². The molecule has 0 saturated heterocycles. The maximum absolute atomic E-state index is 13.3. The third-order valence-electron chi connectivity index (χ3n) is 2.50. The first-order chi connectivity index (χ1) is 8.54. The van der Waals surface area contributed by atoms with Crippen molar-refractivity contribution in [3.05, 3.63) is 51.2 Å². The SMILES string of the molecule is COc1cc(-c2ccc(Cl)c(Cl)c2Cl)ccc1F. The first-order valence-corrected chi connectivity index (χ1v) is 6.15. The molecule has 1 nitrogen and oxygen atoms in total. The molecule has 0 aliphatic carbocycles. The van der Waals surface area contributed by atoms with Gasteiger partial charge in [-0.3, -0.25) is 0 Å². The van der Waals surface area contributed by atoms with Gasteiger partial charge in [0, 0.05) is 5.56 Å². The topological polar surface area (TPSA) is 9.23 Å². The van der Waals surface area contributed by atoms with E-state index in [9.17, 15) is 4.39 Å². The molecule has 2 rings (SSSR count). The highest BCUT2D eigenvalue weighted by molar-refractivity contribution is 6.49. The largest absolute Gasteiger partial charge is 0.494 e. The molecule has 2 aromatic carbocycles. The van der Waals surface area contributed by atoms with Gasteiger partial charge in [0.2, 0.25) is 0 Å². The molecule has 0 unspecified atom stereocenters. The Bertz CT molecular complexity index is 599. The molecule has 0 aliphatic heterocycles. The van der Waals surface area contributed by atoms with E-state index in [1.807, 2.05) is 0 Å². The number of hydrogen-bond acceptors (Lipinski definition) is 1. The fourth-order valence-electron chi connectivity index (χ4n) is 1.58. The minimum atomic E-state index is -0.433. The normalized spacial score (nSPS) is 10.5. The minimum absolute atomic E-state index is 0.148. The Kier molecular flexibility index (Phi) is 4.00. The summed E-state index contributed by atoms with van der Waals surface area (Å²) < 4.78 is 18.2. The fourth-order valence-corrected chi connectivity index (χ4v) is 2.22. The molecule has 0 spiro atoms. The van der Waals surface area contributed by atoms with E-state index in [2.05, 4.69) is 0 Å². The van der Waals surface area contributed by atoms with Crippen LogP contribution in [0.4, 0.5) is 4.39 Å². The number of hydrogen-bond donors (Lipinski definition) is 0. The zero-order chi connectivity index (χ0) is 13.3. The van der Waals surface area contributed by atoms with Gasteiger partial charge in [0.05, 0.1) is 22.2 Å². The number of halogens is 4. The lowest BCUT2D eigenvalue weighted by molar-refractivity contribution is 0.387. The second kappa shape index (κ2) is 5.35. The lowest BCUT2D eigenvalue weighted by atomic mass is 10.1. The van der Waals surface area contributed by atoms with E-state index < -0.39 is 5.82 Å². The number of benzene rings is 2. The van der Waals surface area contributed by atoms with Crippen molar-refractivity contribution < 1.29 is 9.13 Å². The Labute approximate surface area is 119 Å². The summed E-state index contributed by atoms with van der Waals surface area (Å²) in [7, 11) is 1.40. The molecule has 0 atom stereocenters. The second-order valence-corrected chi connectivity index (χ2v) is 4.74. The molecule has 18 heavy (non-hydrogen) atoms. The van der Waals surface area contributed by atoms with Gasteiger partial charge in [-0.1, -0.05) is 46.9 Å². The van der Waals surface area contributed by atoms with Crippen molar-refractivity contribution in [2.45, 2.75) is 0 Å². The Morgan fingerprint density at radius 2 is 1.72 bits per heavy atom. The monoisotopic (exact) mass is 304 g/mol. The van der Waals surface area contributed by atoms with Crippen molar-refractivity contribution in [3.8, 4) is 16.9 Å². The zero-order valence-corrected chi connectivity index (χ0v) is 11.6. The predicted octanol–water partition coefficient (Wildman–Crippen LogP) is 5.46. The van der Waals surface area contributed by atoms with Gasteiger partial charge in [0.15, 0.2) is 11.6 Å². The van der Waals surface area contributed by atoms with Crippen molar-refractivity contribution in [2.24, 2.45) is 0 Å². The molecule has 0 heterocycles. The van der Waals surface area contributed by atoms with E-state index in [-0.39, 0.29) is 10.8 Å². The third kappa shape index (κ3) is 2.41. The molecular formula is C13H8Cl3FO. The van der Waals surface area contributed by atoms with E-state index in [0.717, 1.165) is 0 Å². The van der Waals surface area contributed by atoms with Crippen molar-refractivity contribution in [2.75, 3.05) is 7.11 Å². The van der Waals surface area contributed by atoms with Crippen LogP contribution in [0.5, 0.6) is 5.75 Å². The van der Waals surface area contributed by atoms with Crippen LogP contribution in [-0.2, 0) is 0 Å². The standard InChI is InChI=1S/C13H8Cl3FO/c1-18-11-6-7(2-5-10(11)17)8-3-4-9(14)13(16)12(8)15/h2-6H,1H3. The summed E-state index contributed by atoms with van der Waals surface area (Å²) in [5.74, 6) is -0.285. The molecule has 0 radical (unpaired) electrons. The van der Waals surface area contributed by atoms with Gasteiger partial charge in [-0.2, -0.15) is 0 Å². The van der Waals surface area contributed by atoms with Crippen LogP contribution in [0.1, 0.15) is 0 Å². The van der Waals surface area contributed by atoms with E-state index in [1.54, 1.807) is 24.3 Å². The summed E-state index contributed by atoms with van der Waals surface area (Å²) in [6.45, 7) is 0. The van der Waals surface area contributed by atoms with Gasteiger partial charge >= 0.3 is 0 Å². The Hall–Kier alpha value is -0.960. The average Bonchev–Trinajstić information content (AvgIpc) is 2.37. The maximum Gasteiger partial charge on any atom is 0.165 e. The molecule has 5 heteroatoms. The van der Waals surface area contributed by atoms with Gasteiger partial charge in [-0.15, -0.1) is 0 Å². The van der Waals surface area contributed by atoms with Crippen LogP contribution < -0.4 is 4.74 Å². The van der Waals surface area contributed by atoms with Gasteiger partial charge in [0.1, 0.15) is 0 Å². The van der Waals surface area contributed by atoms with Gasteiger partial charge < -0.3 is 4.74 Å². The van der Waals surface area contributed by atoms with Gasteiger partial charge in [-0.25, -0.2) is 4.39 Å². The maximum atomic E-state index is 13.3. The smallest absolute Gasteiger partial charge is 0.165 e. The van der Waals surface area contributed by atoms with Gasteiger partial charge in [0.25, 0.3) is 0 Å². The Morgan fingerprint density at radius 3 is 2.39 bits per heavy atom. The minimum Gasteiger partial charge on any atom is -0.494 e. The second-order valence-electron chi connectivity index (χ2n) is 3.57. The molecule has 0 aliphatic rings. The van der Waals surface area contributed by atoms with E-state index in [4.69, 9.17) is 39.5 Å². The Balaban J connectivity index is 2.59. The Morgan fingerprint density at radius 1 is 1.00 bits per heavy atom. The van der Waals surface area contributed by atoms with Crippen molar-refractivity contribution in [3.63, 3.8) is 0 Å². The molecule has 94 valence electrons. The highest BCUT2D eigenvalue weighted by Crippen LogP contribution is 2.39. The number of ether oxygens (including phenoxy) is 1. The summed E-state index contributed by atoms with van der Waals surface area (Å²) in [6.07, 6.45) is 0. The molecule has 0 aromatic heterocycles. The third-order valence-corrected chi connectivity index (χ3v) is 3.79. The summed E-state index contributed by atoms with van der Waals surface area (Å²) in [5, 5.41) is 0.983. The van der Waals surface area contributed by atoms with Crippen LogP contribution in [0, 0.1) is 5.82 Å². The van der Waals surface area contributed by atoms with Crippen molar-refractivity contribution >= 4 is 34.8 Å². The summed E-state index contributed by atoms with van der Waals surface area (Å²) in [5.41, 5.74) is 1.38. The fraction of sp³-hybridized carbons (Fsp3) is 0.0769. The number of rotatable bonds is 2. The van der Waals surface area contributed by atoms with Crippen LogP contribution >= 0.6 is 34.8 Å². The molecule has 0 bridgehead atoms. The first-order valence-electron chi connectivity index (χ1n) is 5.02. The van der Waals surface area contributed by atoms with E-state index in [0.29, 0.717) is 21.2 Å². The number of methoxy groups -OCH3 is 1. The molecular weight excluding hydrogens is 297 g/mol. The van der Waals surface area contributed by atoms with Gasteiger partial charge in [-0.05, 0) is 23.8 Å². The molecule has 0 saturated carbocycles. The molecule has 0 amide bonds. The van der Waals surface area contributed by atoms with E-state index in [1.165, 1.54) is 13.2 Å². The summed E-state index contributed by atoms with van der Waals surface area (Å²) in [4.78, 5) is 0. The summed E-state index contributed by atoms with van der Waals surface area (Å²) in [6, 6.07) is 7.83. The predicted molar refractivity (Wildman–Crippen MR) is 73.4 cm³/mol. The quantitative estimate of drug-likeness (QED) is 0.669. The lowest BCUT2D eigenvalue weighted by Crippen LogP contribution is -1.89. The molecule has 0 fully saturated rings. The molecule has 0 N–H and O–H groups in total. The van der Waals surface area contributed by atoms with Crippen LogP contribution in [0.2, 0.25) is 15.1 Å². The van der Waals surface area contributed by atoms with Crippen LogP contribution in [0.3, 0.4) is 0 Å². The van der Waals surface area contributed by atoms with Crippen LogP contribution in [0.25, 0.3) is 11.1 Å². The highest BCUT2D eigenvalue weighted by Gasteiger charge is 2.12. The summed E-state index contributed by atoms with van der Waals surface area (Å²) >= 11 is 17.9. The van der Waals surface area contributed by atoms with E-state index >= 15 is 0 Å². The zero-order valence-electron chi connectivity index (χ0n) is 9.31. The molecule has 2 aromatic rings. The van der Waals surface area contributed by atoms with Crippen LogP contribution in [0.15, 0.2) is 30.3 Å².